The van der Waals surface area contributed by atoms with Gasteiger partial charge in [0.05, 0.1) is 5.69 Å². The molecule has 2 aliphatic heterocycles. The van der Waals surface area contributed by atoms with Gasteiger partial charge in [0.1, 0.15) is 5.75 Å². The van der Waals surface area contributed by atoms with E-state index in [0.29, 0.717) is 29.3 Å². The Morgan fingerprint density at radius 3 is 2.75 bits per heavy atom. The van der Waals surface area contributed by atoms with Crippen molar-refractivity contribution >= 4 is 35.0 Å². The molecule has 3 amide bonds. The van der Waals surface area contributed by atoms with E-state index in [0.717, 1.165) is 13.1 Å². The number of imide groups is 1. The minimum absolute atomic E-state index is 0.239. The van der Waals surface area contributed by atoms with Crippen LogP contribution >= 0.6 is 11.6 Å². The Labute approximate surface area is 144 Å². The fourth-order valence-electron chi connectivity index (χ4n) is 2.76. The lowest BCUT2D eigenvalue weighted by Gasteiger charge is -2.33. The predicted octanol–water partition coefficient (Wildman–Crippen LogP) is 1.07. The highest BCUT2D eigenvalue weighted by atomic mass is 35.5. The molecule has 1 atom stereocenters. The second-order valence-electron chi connectivity index (χ2n) is 6.07. The van der Waals surface area contributed by atoms with Crippen LogP contribution in [-0.4, -0.2) is 36.4 Å². The van der Waals surface area contributed by atoms with Crippen molar-refractivity contribution in [1.29, 1.82) is 0 Å². The van der Waals surface area contributed by atoms with Gasteiger partial charge in [-0.2, -0.15) is 0 Å². The third-order valence-electron chi connectivity index (χ3n) is 4.32. The lowest BCUT2D eigenvalue weighted by atomic mass is 9.96. The van der Waals surface area contributed by atoms with E-state index < -0.39 is 17.4 Å². The van der Waals surface area contributed by atoms with Gasteiger partial charge in [-0.3, -0.25) is 19.7 Å². The lowest BCUT2D eigenvalue weighted by Crippen LogP contribution is -2.60. The first kappa shape index (κ1) is 16.7. The van der Waals surface area contributed by atoms with Gasteiger partial charge in [-0.1, -0.05) is 11.6 Å². The fraction of sp³-hybridized carbons (Fsp3) is 0.438. The largest absolute Gasteiger partial charge is 0.466 e. The van der Waals surface area contributed by atoms with E-state index in [4.69, 9.17) is 16.3 Å². The number of carbonyl (C=O) groups excluding carboxylic acids is 3. The van der Waals surface area contributed by atoms with E-state index >= 15 is 0 Å². The summed E-state index contributed by atoms with van der Waals surface area (Å²) in [4.78, 5) is 37.1. The monoisotopic (exact) mass is 351 g/mol. The second kappa shape index (κ2) is 6.41. The number of fused-ring (bicyclic) bond motifs is 1. The third-order valence-corrected chi connectivity index (χ3v) is 4.55. The number of ether oxygens (including phenoxy) is 1. The first-order chi connectivity index (χ1) is 11.4. The van der Waals surface area contributed by atoms with Crippen molar-refractivity contribution in [3.63, 3.8) is 0 Å². The second-order valence-corrected chi connectivity index (χ2v) is 6.51. The Kier molecular flexibility index (Phi) is 4.47. The van der Waals surface area contributed by atoms with Gasteiger partial charge in [-0.05, 0) is 51.1 Å². The van der Waals surface area contributed by atoms with Crippen LogP contribution < -0.4 is 20.7 Å². The van der Waals surface area contributed by atoms with Crippen LogP contribution in [0.15, 0.2) is 18.2 Å². The number of benzene rings is 1. The molecular weight excluding hydrogens is 334 g/mol. The molecule has 2 heterocycles. The van der Waals surface area contributed by atoms with E-state index in [1.54, 1.807) is 12.1 Å². The van der Waals surface area contributed by atoms with E-state index in [1.165, 1.54) is 13.0 Å². The zero-order valence-electron chi connectivity index (χ0n) is 13.1. The van der Waals surface area contributed by atoms with Crippen molar-refractivity contribution in [3.8, 4) is 5.75 Å². The van der Waals surface area contributed by atoms with Crippen LogP contribution in [0.4, 0.5) is 5.69 Å². The van der Waals surface area contributed by atoms with Crippen LogP contribution in [0.25, 0.3) is 0 Å². The van der Waals surface area contributed by atoms with Gasteiger partial charge in [-0.15, -0.1) is 0 Å². The number of carbonyl (C=O) groups is 3. The van der Waals surface area contributed by atoms with Crippen LogP contribution in [0, 0.1) is 5.92 Å². The summed E-state index contributed by atoms with van der Waals surface area (Å²) in [6.45, 7) is 2.80. The molecule has 0 radical (unpaired) electrons. The molecule has 3 N–H and O–H groups in total. The summed E-state index contributed by atoms with van der Waals surface area (Å²) in [5.74, 6) is -1.71. The number of amides is 3. The summed E-state index contributed by atoms with van der Waals surface area (Å²) < 4.78 is 5.59. The van der Waals surface area contributed by atoms with Crippen molar-refractivity contribution in [1.82, 2.24) is 10.6 Å². The lowest BCUT2D eigenvalue weighted by molar-refractivity contribution is -0.149. The van der Waals surface area contributed by atoms with Crippen molar-refractivity contribution in [2.45, 2.75) is 25.4 Å². The Morgan fingerprint density at radius 1 is 1.33 bits per heavy atom. The molecule has 1 saturated heterocycles. The SMILES string of the molecule is CC1(C(=O)NC(=O)C2CCNCC2)Oc2ccc(Cl)cc2NC1=O. The van der Waals surface area contributed by atoms with Crippen LogP contribution in [0.2, 0.25) is 5.02 Å². The molecule has 0 aromatic heterocycles. The van der Waals surface area contributed by atoms with E-state index in [9.17, 15) is 14.4 Å². The molecule has 3 rings (SSSR count). The third kappa shape index (κ3) is 3.09. The van der Waals surface area contributed by atoms with Crippen LogP contribution in [-0.2, 0) is 14.4 Å². The predicted molar refractivity (Wildman–Crippen MR) is 87.9 cm³/mol. The molecule has 8 heteroatoms. The maximum Gasteiger partial charge on any atom is 0.280 e. The topological polar surface area (TPSA) is 96.5 Å². The first-order valence-electron chi connectivity index (χ1n) is 7.76. The zero-order valence-corrected chi connectivity index (χ0v) is 13.9. The molecule has 0 bridgehead atoms. The Balaban J connectivity index is 1.74. The smallest absolute Gasteiger partial charge is 0.280 e. The summed E-state index contributed by atoms with van der Waals surface area (Å²) in [6.07, 6.45) is 1.31. The summed E-state index contributed by atoms with van der Waals surface area (Å²) in [5.41, 5.74) is -1.42. The van der Waals surface area contributed by atoms with Gasteiger partial charge in [-0.25, -0.2) is 0 Å². The van der Waals surface area contributed by atoms with Gasteiger partial charge in [0.15, 0.2) is 0 Å². The molecule has 1 unspecified atom stereocenters. The summed E-state index contributed by atoms with van der Waals surface area (Å²) >= 11 is 5.88. The van der Waals surface area contributed by atoms with Gasteiger partial charge < -0.3 is 15.4 Å². The number of halogens is 1. The standard InChI is InChI=1S/C16H18ClN3O4/c1-16(15(23)20-13(21)9-4-6-18-7-5-9)14(22)19-11-8-10(17)2-3-12(11)24-16/h2-3,8-9,18H,4-7H2,1H3,(H,19,22)(H,20,21,23). The molecular formula is C16H18ClN3O4. The minimum Gasteiger partial charge on any atom is -0.466 e. The molecule has 128 valence electrons. The Hall–Kier alpha value is -2.12. The Bertz CT molecular complexity index is 703. The molecule has 0 saturated carbocycles. The number of rotatable bonds is 2. The quantitative estimate of drug-likeness (QED) is 0.547. The van der Waals surface area contributed by atoms with Crippen LogP contribution in [0.1, 0.15) is 19.8 Å². The average molecular weight is 352 g/mol. The molecule has 24 heavy (non-hydrogen) atoms. The zero-order chi connectivity index (χ0) is 17.3. The van der Waals surface area contributed by atoms with Crippen molar-refractivity contribution in [3.05, 3.63) is 23.2 Å². The van der Waals surface area contributed by atoms with Gasteiger partial charge in [0.2, 0.25) is 5.91 Å². The van der Waals surface area contributed by atoms with E-state index in [2.05, 4.69) is 16.0 Å². The number of hydrogen-bond acceptors (Lipinski definition) is 5. The molecule has 7 nitrogen and oxygen atoms in total. The number of hydrogen-bond donors (Lipinski definition) is 3. The van der Waals surface area contributed by atoms with Gasteiger partial charge >= 0.3 is 0 Å². The molecule has 0 spiro atoms. The molecule has 1 aromatic rings. The fourth-order valence-corrected chi connectivity index (χ4v) is 2.94. The molecule has 1 aromatic carbocycles. The highest BCUT2D eigenvalue weighted by Crippen LogP contribution is 2.35. The molecule has 2 aliphatic rings. The highest BCUT2D eigenvalue weighted by Gasteiger charge is 2.48. The van der Waals surface area contributed by atoms with Gasteiger partial charge in [0, 0.05) is 10.9 Å². The first-order valence-corrected chi connectivity index (χ1v) is 8.14. The maximum atomic E-state index is 12.5. The molecule has 1 fully saturated rings. The maximum absolute atomic E-state index is 12.5. The average Bonchev–Trinajstić information content (AvgIpc) is 2.57. The summed E-state index contributed by atoms with van der Waals surface area (Å²) in [6, 6.07) is 4.69. The van der Waals surface area contributed by atoms with Crippen molar-refractivity contribution < 1.29 is 19.1 Å². The van der Waals surface area contributed by atoms with Crippen LogP contribution in [0.3, 0.4) is 0 Å². The highest BCUT2D eigenvalue weighted by molar-refractivity contribution is 6.31. The van der Waals surface area contributed by atoms with Crippen LogP contribution in [0.5, 0.6) is 5.75 Å². The van der Waals surface area contributed by atoms with Crippen molar-refractivity contribution in [2.75, 3.05) is 18.4 Å². The Morgan fingerprint density at radius 2 is 2.04 bits per heavy atom. The number of nitrogens with one attached hydrogen (secondary N) is 3. The number of piperidine rings is 1. The van der Waals surface area contributed by atoms with E-state index in [-0.39, 0.29) is 11.8 Å². The summed E-state index contributed by atoms with van der Waals surface area (Å²) in [5, 5.41) is 8.50. The molecule has 0 aliphatic carbocycles. The van der Waals surface area contributed by atoms with Crippen molar-refractivity contribution in [2.24, 2.45) is 5.92 Å². The summed E-state index contributed by atoms with van der Waals surface area (Å²) in [7, 11) is 0. The van der Waals surface area contributed by atoms with E-state index in [1.807, 2.05) is 0 Å². The minimum atomic E-state index is -1.82. The number of anilines is 1. The van der Waals surface area contributed by atoms with Gasteiger partial charge in [0.25, 0.3) is 17.4 Å². The normalized spacial score (nSPS) is 23.7.